The van der Waals surface area contributed by atoms with Crippen LogP contribution in [0.15, 0.2) is 11.0 Å². The quantitative estimate of drug-likeness (QED) is 0.720. The topological polar surface area (TPSA) is 58.2 Å². The predicted octanol–water partition coefficient (Wildman–Crippen LogP) is 3.02. The zero-order valence-electron chi connectivity index (χ0n) is 13.1. The van der Waals surface area contributed by atoms with Gasteiger partial charge in [-0.1, -0.05) is 13.3 Å². The van der Waals surface area contributed by atoms with Crippen molar-refractivity contribution in [3.63, 3.8) is 0 Å². The summed E-state index contributed by atoms with van der Waals surface area (Å²) < 4.78 is 27.9. The van der Waals surface area contributed by atoms with Crippen molar-refractivity contribution in [1.29, 1.82) is 0 Å². The Kier molecular flexibility index (Phi) is 5.82. The van der Waals surface area contributed by atoms with Crippen LogP contribution in [0.2, 0.25) is 0 Å². The van der Waals surface area contributed by atoms with E-state index in [4.69, 9.17) is 0 Å². The van der Waals surface area contributed by atoms with E-state index in [-0.39, 0.29) is 6.04 Å². The molecule has 0 amide bonds. The van der Waals surface area contributed by atoms with Crippen LogP contribution in [0.3, 0.4) is 0 Å². The molecule has 0 aliphatic heterocycles. The second-order valence-electron chi connectivity index (χ2n) is 5.91. The Morgan fingerprint density at radius 1 is 1.43 bits per heavy atom. The van der Waals surface area contributed by atoms with Crippen molar-refractivity contribution >= 4 is 21.4 Å². The first kappa shape index (κ1) is 16.9. The highest BCUT2D eigenvalue weighted by molar-refractivity contribution is 7.89. The number of hydrogen-bond donors (Lipinski definition) is 2. The Bertz CT molecular complexity index is 562. The van der Waals surface area contributed by atoms with Crippen LogP contribution in [0.1, 0.15) is 49.3 Å². The van der Waals surface area contributed by atoms with Gasteiger partial charge in [-0.2, -0.15) is 0 Å². The van der Waals surface area contributed by atoms with E-state index in [2.05, 4.69) is 17.0 Å². The van der Waals surface area contributed by atoms with Crippen LogP contribution >= 0.6 is 11.3 Å². The molecule has 1 unspecified atom stereocenters. The largest absolute Gasteiger partial charge is 0.312 e. The maximum Gasteiger partial charge on any atom is 0.241 e. The zero-order chi connectivity index (χ0) is 15.5. The van der Waals surface area contributed by atoms with Crippen molar-refractivity contribution in [1.82, 2.24) is 10.0 Å². The molecule has 1 aromatic rings. The minimum atomic E-state index is -3.39. The lowest BCUT2D eigenvalue weighted by Gasteiger charge is -2.31. The molecule has 1 saturated carbocycles. The minimum absolute atomic E-state index is 0.0321. The summed E-state index contributed by atoms with van der Waals surface area (Å²) in [5, 5.41) is 3.32. The number of sulfonamides is 1. The Hall–Kier alpha value is -0.430. The van der Waals surface area contributed by atoms with Gasteiger partial charge in [0.15, 0.2) is 0 Å². The summed E-state index contributed by atoms with van der Waals surface area (Å²) in [5.74, 6) is 0.504. The molecule has 1 aliphatic carbocycles. The van der Waals surface area contributed by atoms with Crippen LogP contribution < -0.4 is 10.0 Å². The lowest BCUT2D eigenvalue weighted by molar-refractivity contribution is 0.260. The maximum absolute atomic E-state index is 12.5. The normalized spacial score (nSPS) is 17.7. The van der Waals surface area contributed by atoms with Gasteiger partial charge in [-0.25, -0.2) is 13.1 Å². The average Bonchev–Trinajstić information content (AvgIpc) is 2.68. The van der Waals surface area contributed by atoms with Gasteiger partial charge in [-0.05, 0) is 51.6 Å². The molecule has 0 radical (unpaired) electrons. The number of aryl methyl sites for hydroxylation is 1. The van der Waals surface area contributed by atoms with Gasteiger partial charge >= 0.3 is 0 Å². The highest BCUT2D eigenvalue weighted by atomic mass is 32.2. The van der Waals surface area contributed by atoms with Gasteiger partial charge in [-0.15, -0.1) is 11.3 Å². The highest BCUT2D eigenvalue weighted by Crippen LogP contribution is 2.31. The molecular formula is C15H26N2O2S2. The maximum atomic E-state index is 12.5. The Labute approximate surface area is 132 Å². The van der Waals surface area contributed by atoms with E-state index >= 15 is 0 Å². The molecule has 1 atom stereocenters. The smallest absolute Gasteiger partial charge is 0.241 e. The van der Waals surface area contributed by atoms with Crippen LogP contribution in [-0.4, -0.2) is 21.0 Å². The molecule has 0 aromatic carbocycles. The van der Waals surface area contributed by atoms with Crippen molar-refractivity contribution < 1.29 is 8.42 Å². The molecule has 4 nitrogen and oxygen atoms in total. The van der Waals surface area contributed by atoms with Gasteiger partial charge in [0.2, 0.25) is 10.0 Å². The standard InChI is InChI=1S/C15H26N2O2S2/c1-4-8-16-10-14-9-15(12(3)20-14)21(18,19)17-11(2)13-6-5-7-13/h9,11,13,16-17H,4-8,10H2,1-3H3. The Morgan fingerprint density at radius 3 is 2.71 bits per heavy atom. The SMILES string of the molecule is CCCNCc1cc(S(=O)(=O)NC(C)C2CCC2)c(C)s1. The first-order valence-electron chi connectivity index (χ1n) is 7.76. The van der Waals surface area contributed by atoms with E-state index in [1.54, 1.807) is 11.3 Å². The first-order valence-corrected chi connectivity index (χ1v) is 10.1. The molecule has 1 heterocycles. The number of nitrogens with one attached hydrogen (secondary N) is 2. The first-order chi connectivity index (χ1) is 9.94. The molecule has 2 rings (SSSR count). The lowest BCUT2D eigenvalue weighted by atomic mass is 9.81. The Balaban J connectivity index is 2.04. The summed E-state index contributed by atoms with van der Waals surface area (Å²) in [7, 11) is -3.39. The van der Waals surface area contributed by atoms with E-state index in [1.807, 2.05) is 19.9 Å². The molecule has 1 aromatic heterocycles. The number of rotatable bonds is 8. The van der Waals surface area contributed by atoms with Gasteiger partial charge in [0.25, 0.3) is 0 Å². The van der Waals surface area contributed by atoms with Crippen molar-refractivity contribution in [2.45, 2.75) is 63.9 Å². The van der Waals surface area contributed by atoms with Crippen LogP contribution in [0.5, 0.6) is 0 Å². The summed E-state index contributed by atoms with van der Waals surface area (Å²) in [6.45, 7) is 7.68. The predicted molar refractivity (Wildman–Crippen MR) is 88.2 cm³/mol. The third kappa shape index (κ3) is 4.28. The molecule has 0 bridgehead atoms. The van der Waals surface area contributed by atoms with E-state index in [9.17, 15) is 8.42 Å². The van der Waals surface area contributed by atoms with Gasteiger partial charge in [0, 0.05) is 22.3 Å². The van der Waals surface area contributed by atoms with Gasteiger partial charge in [0.1, 0.15) is 0 Å². The van der Waals surface area contributed by atoms with Crippen LogP contribution in [0.4, 0.5) is 0 Å². The molecule has 0 spiro atoms. The number of thiophene rings is 1. The summed E-state index contributed by atoms with van der Waals surface area (Å²) in [4.78, 5) is 2.40. The van der Waals surface area contributed by atoms with E-state index in [0.29, 0.717) is 10.8 Å². The van der Waals surface area contributed by atoms with Crippen molar-refractivity contribution in [3.05, 3.63) is 15.8 Å². The highest BCUT2D eigenvalue weighted by Gasteiger charge is 2.29. The molecule has 1 aliphatic rings. The fourth-order valence-electron chi connectivity index (χ4n) is 2.61. The van der Waals surface area contributed by atoms with Gasteiger partial charge in [-0.3, -0.25) is 0 Å². The second-order valence-corrected chi connectivity index (χ2v) is 8.93. The third-order valence-corrected chi connectivity index (χ3v) is 7.00. The molecule has 2 N–H and O–H groups in total. The molecular weight excluding hydrogens is 304 g/mol. The molecule has 120 valence electrons. The Morgan fingerprint density at radius 2 is 2.14 bits per heavy atom. The molecule has 21 heavy (non-hydrogen) atoms. The summed E-state index contributed by atoms with van der Waals surface area (Å²) in [6.07, 6.45) is 4.58. The fourth-order valence-corrected chi connectivity index (χ4v) is 5.53. The summed E-state index contributed by atoms with van der Waals surface area (Å²) in [6, 6.07) is 1.85. The van der Waals surface area contributed by atoms with Crippen molar-refractivity contribution in [3.8, 4) is 0 Å². The fraction of sp³-hybridized carbons (Fsp3) is 0.733. The molecule has 1 fully saturated rings. The van der Waals surface area contributed by atoms with E-state index < -0.39 is 10.0 Å². The molecule has 0 saturated heterocycles. The second kappa shape index (κ2) is 7.22. The van der Waals surface area contributed by atoms with Gasteiger partial charge in [0.05, 0.1) is 4.90 Å². The monoisotopic (exact) mass is 330 g/mol. The van der Waals surface area contributed by atoms with Crippen molar-refractivity contribution in [2.75, 3.05) is 6.54 Å². The zero-order valence-corrected chi connectivity index (χ0v) is 14.7. The minimum Gasteiger partial charge on any atom is -0.312 e. The lowest BCUT2D eigenvalue weighted by Crippen LogP contribution is -2.40. The molecule has 6 heteroatoms. The number of hydrogen-bond acceptors (Lipinski definition) is 4. The van der Waals surface area contributed by atoms with Crippen LogP contribution in [-0.2, 0) is 16.6 Å². The summed E-state index contributed by atoms with van der Waals surface area (Å²) in [5.41, 5.74) is 0. The third-order valence-electron chi connectivity index (χ3n) is 4.14. The van der Waals surface area contributed by atoms with E-state index in [0.717, 1.165) is 42.1 Å². The van der Waals surface area contributed by atoms with Crippen molar-refractivity contribution in [2.24, 2.45) is 5.92 Å². The van der Waals surface area contributed by atoms with Crippen LogP contribution in [0.25, 0.3) is 0 Å². The average molecular weight is 331 g/mol. The van der Waals surface area contributed by atoms with Gasteiger partial charge < -0.3 is 5.32 Å². The summed E-state index contributed by atoms with van der Waals surface area (Å²) >= 11 is 1.57. The van der Waals surface area contributed by atoms with E-state index in [1.165, 1.54) is 6.42 Å². The van der Waals surface area contributed by atoms with Crippen LogP contribution in [0, 0.1) is 12.8 Å².